The number of nitrogens with zero attached hydrogens (tertiary/aromatic N) is 2. The van der Waals surface area contributed by atoms with Crippen LogP contribution in [0.15, 0.2) is 60.9 Å². The molecule has 142 valence electrons. The Kier molecular flexibility index (Phi) is 5.05. The summed E-state index contributed by atoms with van der Waals surface area (Å²) in [6, 6.07) is 17.3. The van der Waals surface area contributed by atoms with Crippen LogP contribution in [0.5, 0.6) is 11.5 Å². The summed E-state index contributed by atoms with van der Waals surface area (Å²) in [7, 11) is 0. The molecule has 1 atom stereocenters. The number of amides is 1. The van der Waals surface area contributed by atoms with Crippen molar-refractivity contribution in [2.24, 2.45) is 0 Å². The van der Waals surface area contributed by atoms with Gasteiger partial charge in [0.25, 0.3) is 5.91 Å². The number of benzene rings is 2. The van der Waals surface area contributed by atoms with Crippen LogP contribution >= 0.6 is 0 Å². The number of hydrogen-bond acceptors (Lipinski definition) is 6. The largest absolute Gasteiger partial charge is 0.454 e. The molecule has 0 aliphatic carbocycles. The number of aromatic nitrogens is 2. The Hall–Kier alpha value is -3.61. The van der Waals surface area contributed by atoms with E-state index in [0.717, 1.165) is 11.1 Å². The summed E-state index contributed by atoms with van der Waals surface area (Å²) in [6.45, 7) is 2.63. The molecule has 2 aromatic carbocycles. The highest BCUT2D eigenvalue weighted by molar-refractivity contribution is 5.92. The smallest absolute Gasteiger partial charge is 0.270 e. The second kappa shape index (κ2) is 7.96. The zero-order valence-corrected chi connectivity index (χ0v) is 15.4. The molecule has 1 amide bonds. The van der Waals surface area contributed by atoms with E-state index in [9.17, 15) is 4.79 Å². The lowest BCUT2D eigenvalue weighted by atomic mass is 10.1. The molecule has 1 aliphatic rings. The van der Waals surface area contributed by atoms with Crippen molar-refractivity contribution >= 4 is 11.7 Å². The van der Waals surface area contributed by atoms with Crippen molar-refractivity contribution in [1.82, 2.24) is 15.3 Å². The fourth-order valence-corrected chi connectivity index (χ4v) is 2.93. The highest BCUT2D eigenvalue weighted by Gasteiger charge is 2.14. The van der Waals surface area contributed by atoms with Crippen LogP contribution in [0, 0.1) is 0 Å². The molecule has 2 heterocycles. The minimum Gasteiger partial charge on any atom is -0.454 e. The number of hydrogen-bond donors (Lipinski definition) is 2. The Morgan fingerprint density at radius 2 is 1.89 bits per heavy atom. The summed E-state index contributed by atoms with van der Waals surface area (Å²) in [4.78, 5) is 20.8. The number of anilines is 1. The third-order valence-corrected chi connectivity index (χ3v) is 4.45. The van der Waals surface area contributed by atoms with Gasteiger partial charge in [0, 0.05) is 18.7 Å². The molecule has 0 fully saturated rings. The molecule has 7 heteroatoms. The average molecular weight is 376 g/mol. The number of carbonyl (C=O) groups is 1. The monoisotopic (exact) mass is 376 g/mol. The summed E-state index contributed by atoms with van der Waals surface area (Å²) >= 11 is 0. The fourth-order valence-electron chi connectivity index (χ4n) is 2.93. The Bertz CT molecular complexity index is 978. The van der Waals surface area contributed by atoms with Crippen molar-refractivity contribution in [3.8, 4) is 11.5 Å². The van der Waals surface area contributed by atoms with Crippen molar-refractivity contribution < 1.29 is 14.3 Å². The molecular formula is C21H20N4O3. The first-order valence-corrected chi connectivity index (χ1v) is 8.99. The molecular weight excluding hydrogens is 356 g/mol. The molecule has 1 unspecified atom stereocenters. The van der Waals surface area contributed by atoms with Gasteiger partial charge in [-0.3, -0.25) is 4.79 Å². The lowest BCUT2D eigenvalue weighted by Crippen LogP contribution is -2.24. The Morgan fingerprint density at radius 3 is 2.75 bits per heavy atom. The van der Waals surface area contributed by atoms with E-state index in [4.69, 9.17) is 9.47 Å². The second-order valence-electron chi connectivity index (χ2n) is 6.44. The van der Waals surface area contributed by atoms with Crippen molar-refractivity contribution in [2.75, 3.05) is 12.1 Å². The van der Waals surface area contributed by atoms with Crippen LogP contribution in [-0.2, 0) is 6.54 Å². The van der Waals surface area contributed by atoms with Gasteiger partial charge in [-0.05, 0) is 30.2 Å². The summed E-state index contributed by atoms with van der Waals surface area (Å²) in [6.07, 6.45) is 1.38. The lowest BCUT2D eigenvalue weighted by Gasteiger charge is -2.15. The van der Waals surface area contributed by atoms with Crippen LogP contribution in [0.1, 0.15) is 34.6 Å². The Labute approximate surface area is 162 Å². The van der Waals surface area contributed by atoms with E-state index < -0.39 is 0 Å². The summed E-state index contributed by atoms with van der Waals surface area (Å²) in [5, 5.41) is 6.16. The molecule has 0 saturated heterocycles. The maximum atomic E-state index is 12.5. The number of ether oxygens (including phenoxy) is 2. The third kappa shape index (κ3) is 4.03. The van der Waals surface area contributed by atoms with Crippen LogP contribution in [-0.4, -0.2) is 22.7 Å². The van der Waals surface area contributed by atoms with Gasteiger partial charge < -0.3 is 20.1 Å². The van der Waals surface area contributed by atoms with Crippen LogP contribution in [0.4, 0.5) is 5.82 Å². The van der Waals surface area contributed by atoms with Crippen LogP contribution < -0.4 is 20.1 Å². The maximum absolute atomic E-state index is 12.5. The first kappa shape index (κ1) is 17.8. The molecule has 3 aromatic rings. The van der Waals surface area contributed by atoms with Crippen LogP contribution in [0.3, 0.4) is 0 Å². The molecule has 0 radical (unpaired) electrons. The average Bonchev–Trinajstić information content (AvgIpc) is 3.20. The van der Waals surface area contributed by atoms with Gasteiger partial charge in [0.1, 0.15) is 17.8 Å². The van der Waals surface area contributed by atoms with E-state index in [-0.39, 0.29) is 18.7 Å². The van der Waals surface area contributed by atoms with Crippen molar-refractivity contribution in [3.63, 3.8) is 0 Å². The first-order chi connectivity index (χ1) is 13.7. The topological polar surface area (TPSA) is 85.4 Å². The van der Waals surface area contributed by atoms with Gasteiger partial charge in [0.15, 0.2) is 11.5 Å². The number of carbonyl (C=O) groups excluding carboxylic acids is 1. The fraction of sp³-hybridized carbons (Fsp3) is 0.190. The highest BCUT2D eigenvalue weighted by atomic mass is 16.7. The lowest BCUT2D eigenvalue weighted by molar-refractivity contribution is 0.0945. The van der Waals surface area contributed by atoms with Crippen molar-refractivity contribution in [1.29, 1.82) is 0 Å². The van der Waals surface area contributed by atoms with E-state index in [0.29, 0.717) is 29.6 Å². The van der Waals surface area contributed by atoms with E-state index in [2.05, 4.69) is 20.6 Å². The molecule has 28 heavy (non-hydrogen) atoms. The normalized spacial score (nSPS) is 13.0. The van der Waals surface area contributed by atoms with Gasteiger partial charge >= 0.3 is 0 Å². The number of fused-ring (bicyclic) bond motifs is 1. The molecule has 4 rings (SSSR count). The number of rotatable bonds is 6. The molecule has 0 saturated carbocycles. The first-order valence-electron chi connectivity index (χ1n) is 8.99. The summed E-state index contributed by atoms with van der Waals surface area (Å²) in [5.41, 5.74) is 2.36. The van der Waals surface area contributed by atoms with Gasteiger partial charge in [-0.2, -0.15) is 0 Å². The van der Waals surface area contributed by atoms with Crippen molar-refractivity contribution in [2.45, 2.75) is 19.5 Å². The second-order valence-corrected chi connectivity index (χ2v) is 6.44. The van der Waals surface area contributed by atoms with E-state index in [1.807, 2.05) is 55.5 Å². The van der Waals surface area contributed by atoms with Crippen LogP contribution in [0.25, 0.3) is 0 Å². The SMILES string of the molecule is CC(Nc1cc(C(=O)NCc2ccc3c(c2)OCO3)ncn1)c1ccccc1. The molecule has 1 aliphatic heterocycles. The van der Waals surface area contributed by atoms with Gasteiger partial charge in [0.05, 0.1) is 0 Å². The molecule has 0 spiro atoms. The zero-order chi connectivity index (χ0) is 19.3. The van der Waals surface area contributed by atoms with Gasteiger partial charge in [0.2, 0.25) is 6.79 Å². The summed E-state index contributed by atoms with van der Waals surface area (Å²) in [5.74, 6) is 1.74. The highest BCUT2D eigenvalue weighted by Crippen LogP contribution is 2.32. The Balaban J connectivity index is 1.39. The quantitative estimate of drug-likeness (QED) is 0.687. The predicted octanol–water partition coefficient (Wildman–Crippen LogP) is 3.31. The minimum absolute atomic E-state index is 0.0562. The molecule has 1 aromatic heterocycles. The maximum Gasteiger partial charge on any atom is 0.270 e. The Morgan fingerprint density at radius 1 is 1.07 bits per heavy atom. The number of nitrogens with one attached hydrogen (secondary N) is 2. The van der Waals surface area contributed by atoms with E-state index in [1.165, 1.54) is 6.33 Å². The summed E-state index contributed by atoms with van der Waals surface area (Å²) < 4.78 is 10.6. The zero-order valence-electron chi connectivity index (χ0n) is 15.4. The van der Waals surface area contributed by atoms with Gasteiger partial charge in [-0.25, -0.2) is 9.97 Å². The predicted molar refractivity (Wildman–Crippen MR) is 104 cm³/mol. The molecule has 7 nitrogen and oxygen atoms in total. The van der Waals surface area contributed by atoms with Gasteiger partial charge in [-0.15, -0.1) is 0 Å². The standard InChI is InChI=1S/C21H20N4O3/c1-14(16-5-3-2-4-6-16)25-20-10-17(23-12-24-20)21(26)22-11-15-7-8-18-19(9-15)28-13-27-18/h2-10,12,14H,11,13H2,1H3,(H,22,26)(H,23,24,25). The molecule has 2 N–H and O–H groups in total. The van der Waals surface area contributed by atoms with Crippen LogP contribution in [0.2, 0.25) is 0 Å². The van der Waals surface area contributed by atoms with E-state index >= 15 is 0 Å². The van der Waals surface area contributed by atoms with Gasteiger partial charge in [-0.1, -0.05) is 36.4 Å². The minimum atomic E-state index is -0.268. The third-order valence-electron chi connectivity index (χ3n) is 4.45. The van der Waals surface area contributed by atoms with E-state index in [1.54, 1.807) is 6.07 Å². The molecule has 0 bridgehead atoms. The van der Waals surface area contributed by atoms with Crippen molar-refractivity contribution in [3.05, 3.63) is 77.7 Å².